The van der Waals surface area contributed by atoms with E-state index in [0.29, 0.717) is 42.5 Å². The Labute approximate surface area is 140 Å². The summed E-state index contributed by atoms with van der Waals surface area (Å²) in [5, 5.41) is 14.6. The van der Waals surface area contributed by atoms with Crippen LogP contribution in [0.25, 0.3) is 0 Å². The van der Waals surface area contributed by atoms with Gasteiger partial charge < -0.3 is 20.5 Å². The summed E-state index contributed by atoms with van der Waals surface area (Å²) in [5.41, 5.74) is 1.74. The van der Waals surface area contributed by atoms with Crippen LogP contribution in [-0.2, 0) is 9.53 Å². The third-order valence-electron chi connectivity index (χ3n) is 4.30. The predicted molar refractivity (Wildman–Crippen MR) is 88.1 cm³/mol. The van der Waals surface area contributed by atoms with Gasteiger partial charge in [0.05, 0.1) is 18.6 Å². The molecule has 0 aromatic heterocycles. The molecule has 0 saturated heterocycles. The molecular formula is C17H22N2O5. The highest BCUT2D eigenvalue weighted by atomic mass is 16.5. The first kappa shape index (κ1) is 17.8. The number of rotatable bonds is 4. The minimum absolute atomic E-state index is 0.0176. The number of urea groups is 1. The van der Waals surface area contributed by atoms with E-state index in [-0.39, 0.29) is 18.0 Å². The number of aryl methyl sites for hydroxylation is 1. The number of carboxylic acid groups (broad SMARTS) is 1. The number of hydrogen-bond acceptors (Lipinski definition) is 4. The monoisotopic (exact) mass is 334 g/mol. The standard InChI is InChI=1S/C17H22N2O5/c1-10-9-13(7-8-14(10)16(22)24-2)19-17(23)18-12-5-3-11(4-6-12)15(20)21/h7-9,11-12H,3-6H2,1-2H3,(H,20,21)(H2,18,19,23). The van der Waals surface area contributed by atoms with Gasteiger partial charge in [-0.1, -0.05) is 0 Å². The Balaban J connectivity index is 1.88. The second kappa shape index (κ2) is 7.81. The maximum absolute atomic E-state index is 12.1. The second-order valence-electron chi connectivity index (χ2n) is 6.01. The van der Waals surface area contributed by atoms with E-state index in [1.54, 1.807) is 25.1 Å². The molecule has 0 radical (unpaired) electrons. The van der Waals surface area contributed by atoms with E-state index in [4.69, 9.17) is 5.11 Å². The van der Waals surface area contributed by atoms with E-state index in [1.165, 1.54) is 7.11 Å². The first-order valence-electron chi connectivity index (χ1n) is 7.90. The van der Waals surface area contributed by atoms with Crippen molar-refractivity contribution in [2.45, 2.75) is 38.6 Å². The lowest BCUT2D eigenvalue weighted by Gasteiger charge is -2.26. The molecule has 7 heteroatoms. The number of amides is 2. The van der Waals surface area contributed by atoms with Crippen molar-refractivity contribution in [3.05, 3.63) is 29.3 Å². The molecule has 24 heavy (non-hydrogen) atoms. The van der Waals surface area contributed by atoms with Crippen molar-refractivity contribution in [1.29, 1.82) is 0 Å². The van der Waals surface area contributed by atoms with Gasteiger partial charge in [0, 0.05) is 11.7 Å². The van der Waals surface area contributed by atoms with E-state index in [1.807, 2.05) is 0 Å². The highest BCUT2D eigenvalue weighted by Gasteiger charge is 2.26. The minimum atomic E-state index is -0.765. The molecule has 1 aromatic rings. The number of carboxylic acids is 1. The third kappa shape index (κ3) is 4.47. The zero-order chi connectivity index (χ0) is 17.7. The number of benzene rings is 1. The Bertz CT molecular complexity index is 636. The molecule has 1 aliphatic rings. The number of ether oxygens (including phenoxy) is 1. The fourth-order valence-corrected chi connectivity index (χ4v) is 2.92. The fourth-order valence-electron chi connectivity index (χ4n) is 2.92. The van der Waals surface area contributed by atoms with Crippen LogP contribution in [0.3, 0.4) is 0 Å². The van der Waals surface area contributed by atoms with Crippen LogP contribution in [0.5, 0.6) is 0 Å². The smallest absolute Gasteiger partial charge is 0.338 e. The van der Waals surface area contributed by atoms with Crippen molar-refractivity contribution in [3.8, 4) is 0 Å². The molecule has 0 atom stereocenters. The Morgan fingerprint density at radius 1 is 1.17 bits per heavy atom. The Morgan fingerprint density at radius 2 is 1.83 bits per heavy atom. The van der Waals surface area contributed by atoms with Gasteiger partial charge >= 0.3 is 18.0 Å². The highest BCUT2D eigenvalue weighted by Crippen LogP contribution is 2.24. The molecule has 1 aromatic carbocycles. The van der Waals surface area contributed by atoms with E-state index in [2.05, 4.69) is 15.4 Å². The zero-order valence-corrected chi connectivity index (χ0v) is 13.8. The van der Waals surface area contributed by atoms with Gasteiger partial charge in [-0.2, -0.15) is 0 Å². The summed E-state index contributed by atoms with van der Waals surface area (Å²) in [5.74, 6) is -1.49. The molecule has 2 rings (SSSR count). The second-order valence-corrected chi connectivity index (χ2v) is 6.01. The lowest BCUT2D eigenvalue weighted by molar-refractivity contribution is -0.142. The molecule has 3 N–H and O–H groups in total. The SMILES string of the molecule is COC(=O)c1ccc(NC(=O)NC2CCC(C(=O)O)CC2)cc1C. The molecule has 130 valence electrons. The van der Waals surface area contributed by atoms with Gasteiger partial charge in [-0.05, 0) is 56.4 Å². The van der Waals surface area contributed by atoms with Crippen molar-refractivity contribution in [2.24, 2.45) is 5.92 Å². The van der Waals surface area contributed by atoms with Crippen LogP contribution in [0.1, 0.15) is 41.6 Å². The van der Waals surface area contributed by atoms with Gasteiger partial charge in [0.25, 0.3) is 0 Å². The minimum Gasteiger partial charge on any atom is -0.481 e. The lowest BCUT2D eigenvalue weighted by atomic mass is 9.86. The maximum Gasteiger partial charge on any atom is 0.338 e. The van der Waals surface area contributed by atoms with Gasteiger partial charge in [0.2, 0.25) is 0 Å². The van der Waals surface area contributed by atoms with Gasteiger partial charge in [-0.3, -0.25) is 4.79 Å². The molecule has 0 heterocycles. The van der Waals surface area contributed by atoms with Crippen LogP contribution in [-0.4, -0.2) is 36.2 Å². The van der Waals surface area contributed by atoms with Crippen LogP contribution >= 0.6 is 0 Å². The van der Waals surface area contributed by atoms with Crippen molar-refractivity contribution >= 4 is 23.7 Å². The summed E-state index contributed by atoms with van der Waals surface area (Å²) in [6.07, 6.45) is 2.47. The molecule has 0 spiro atoms. The Morgan fingerprint density at radius 3 is 2.38 bits per heavy atom. The average Bonchev–Trinajstić information content (AvgIpc) is 2.54. The number of carbonyl (C=O) groups is 3. The lowest BCUT2D eigenvalue weighted by Crippen LogP contribution is -2.41. The van der Waals surface area contributed by atoms with E-state index in [9.17, 15) is 14.4 Å². The normalized spacial score (nSPS) is 20.1. The number of carbonyl (C=O) groups excluding carboxylic acids is 2. The van der Waals surface area contributed by atoms with Gasteiger partial charge in [0.1, 0.15) is 0 Å². The molecular weight excluding hydrogens is 312 g/mol. The van der Waals surface area contributed by atoms with Crippen LogP contribution in [0.15, 0.2) is 18.2 Å². The first-order valence-corrected chi connectivity index (χ1v) is 7.90. The van der Waals surface area contributed by atoms with E-state index >= 15 is 0 Å². The van der Waals surface area contributed by atoms with E-state index in [0.717, 1.165) is 0 Å². The number of anilines is 1. The summed E-state index contributed by atoms with van der Waals surface area (Å²) in [6.45, 7) is 1.77. The maximum atomic E-state index is 12.1. The van der Waals surface area contributed by atoms with Crippen molar-refractivity contribution in [1.82, 2.24) is 5.32 Å². The fraction of sp³-hybridized carbons (Fsp3) is 0.471. The van der Waals surface area contributed by atoms with Crippen molar-refractivity contribution in [3.63, 3.8) is 0 Å². The predicted octanol–water partition coefficient (Wildman–Crippen LogP) is 2.55. The van der Waals surface area contributed by atoms with Crippen LogP contribution < -0.4 is 10.6 Å². The number of methoxy groups -OCH3 is 1. The number of nitrogens with one attached hydrogen (secondary N) is 2. The quantitative estimate of drug-likeness (QED) is 0.734. The molecule has 7 nitrogen and oxygen atoms in total. The van der Waals surface area contributed by atoms with E-state index < -0.39 is 11.9 Å². The summed E-state index contributed by atoms with van der Waals surface area (Å²) < 4.78 is 4.68. The Hall–Kier alpha value is -2.57. The number of esters is 1. The topological polar surface area (TPSA) is 105 Å². The molecule has 1 fully saturated rings. The highest BCUT2D eigenvalue weighted by molar-refractivity contribution is 5.93. The van der Waals surface area contributed by atoms with Gasteiger partial charge in [-0.15, -0.1) is 0 Å². The number of aliphatic carboxylic acids is 1. The molecule has 2 amide bonds. The molecule has 1 aliphatic carbocycles. The van der Waals surface area contributed by atoms with Crippen LogP contribution in [0.2, 0.25) is 0 Å². The molecule has 0 unspecified atom stereocenters. The van der Waals surface area contributed by atoms with Crippen molar-refractivity contribution in [2.75, 3.05) is 12.4 Å². The molecule has 0 aliphatic heterocycles. The summed E-state index contributed by atoms with van der Waals surface area (Å²) in [7, 11) is 1.32. The van der Waals surface area contributed by atoms with Crippen LogP contribution in [0.4, 0.5) is 10.5 Å². The van der Waals surface area contributed by atoms with Gasteiger partial charge in [0.15, 0.2) is 0 Å². The zero-order valence-electron chi connectivity index (χ0n) is 13.8. The third-order valence-corrected chi connectivity index (χ3v) is 4.30. The first-order chi connectivity index (χ1) is 11.4. The summed E-state index contributed by atoms with van der Waals surface area (Å²) >= 11 is 0. The largest absolute Gasteiger partial charge is 0.481 e. The van der Waals surface area contributed by atoms with Gasteiger partial charge in [-0.25, -0.2) is 9.59 Å². The average molecular weight is 334 g/mol. The van der Waals surface area contributed by atoms with Crippen molar-refractivity contribution < 1.29 is 24.2 Å². The summed E-state index contributed by atoms with van der Waals surface area (Å²) in [6, 6.07) is 4.59. The Kier molecular flexibility index (Phi) is 5.78. The van der Waals surface area contributed by atoms with Crippen LogP contribution in [0, 0.1) is 12.8 Å². The number of hydrogen-bond donors (Lipinski definition) is 3. The molecule has 1 saturated carbocycles. The molecule has 0 bridgehead atoms. The summed E-state index contributed by atoms with van der Waals surface area (Å²) in [4.78, 5) is 34.5.